The van der Waals surface area contributed by atoms with Gasteiger partial charge in [0.2, 0.25) is 10.0 Å². The van der Waals surface area contributed by atoms with Gasteiger partial charge in [-0.1, -0.05) is 15.9 Å². The van der Waals surface area contributed by atoms with Gasteiger partial charge in [0.05, 0.1) is 12.8 Å². The molecule has 1 aromatic heterocycles. The van der Waals surface area contributed by atoms with Crippen molar-refractivity contribution in [2.75, 3.05) is 6.61 Å². The lowest BCUT2D eigenvalue weighted by Gasteiger charge is -2.10. The summed E-state index contributed by atoms with van der Waals surface area (Å²) in [4.78, 5) is 0.151. The summed E-state index contributed by atoms with van der Waals surface area (Å²) >= 11 is 3.44. The van der Waals surface area contributed by atoms with Crippen molar-refractivity contribution < 1.29 is 13.2 Å². The molecule has 1 aliphatic heterocycles. The number of ether oxygens (including phenoxy) is 1. The first kappa shape index (κ1) is 14.6. The fraction of sp³-hybridized carbons (Fsp3) is 0.308. The van der Waals surface area contributed by atoms with Crippen molar-refractivity contribution in [1.82, 2.24) is 14.5 Å². The summed E-state index contributed by atoms with van der Waals surface area (Å²) in [6.45, 7) is 0.813. The molecule has 6 nitrogen and oxygen atoms in total. The van der Waals surface area contributed by atoms with E-state index in [0.29, 0.717) is 6.61 Å². The summed E-state index contributed by atoms with van der Waals surface area (Å²) in [5.74, 6) is 0.784. The molecule has 2 aromatic rings. The maximum absolute atomic E-state index is 12.2. The normalized spacial score (nSPS) is 14.0. The monoisotopic (exact) mass is 371 g/mol. The molecule has 0 spiro atoms. The molecule has 0 saturated carbocycles. The Balaban J connectivity index is 1.82. The standard InChI is InChI=1S/C13H14BrN3O3S/c1-17-8-12(7-15-17)21(18,19)16-6-10-5-11(14)4-9-2-3-20-13(9)10/h4-5,7-8,16H,2-3,6H2,1H3. The molecule has 1 aromatic carbocycles. The first-order valence-corrected chi connectivity index (χ1v) is 8.66. The summed E-state index contributed by atoms with van der Waals surface area (Å²) in [7, 11) is -1.90. The van der Waals surface area contributed by atoms with Crippen LogP contribution in [0, 0.1) is 0 Å². The number of hydrogen-bond donors (Lipinski definition) is 1. The van der Waals surface area contributed by atoms with E-state index in [9.17, 15) is 8.42 Å². The van der Waals surface area contributed by atoms with Crippen LogP contribution in [-0.4, -0.2) is 24.8 Å². The van der Waals surface area contributed by atoms with Gasteiger partial charge in [-0.15, -0.1) is 0 Å². The summed E-state index contributed by atoms with van der Waals surface area (Å²) in [5.41, 5.74) is 1.92. The van der Waals surface area contributed by atoms with Crippen LogP contribution in [0.3, 0.4) is 0 Å². The number of hydrogen-bond acceptors (Lipinski definition) is 4. The van der Waals surface area contributed by atoms with Crippen molar-refractivity contribution in [3.8, 4) is 5.75 Å². The molecule has 0 aliphatic carbocycles. The zero-order valence-electron chi connectivity index (χ0n) is 11.3. The van der Waals surface area contributed by atoms with Gasteiger partial charge in [0, 0.05) is 36.2 Å². The summed E-state index contributed by atoms with van der Waals surface area (Å²) in [5, 5.41) is 3.88. The van der Waals surface area contributed by atoms with Crippen LogP contribution in [0.5, 0.6) is 5.75 Å². The van der Waals surface area contributed by atoms with Crippen LogP contribution in [0.4, 0.5) is 0 Å². The topological polar surface area (TPSA) is 73.2 Å². The Morgan fingerprint density at radius 1 is 1.48 bits per heavy atom. The van der Waals surface area contributed by atoms with Crippen LogP contribution < -0.4 is 9.46 Å². The van der Waals surface area contributed by atoms with Crippen LogP contribution in [-0.2, 0) is 30.0 Å². The van der Waals surface area contributed by atoms with E-state index >= 15 is 0 Å². The average molecular weight is 372 g/mol. The number of aromatic nitrogens is 2. The van der Waals surface area contributed by atoms with E-state index in [1.54, 1.807) is 7.05 Å². The first-order valence-electron chi connectivity index (χ1n) is 6.38. The third-order valence-corrected chi connectivity index (χ3v) is 5.08. The zero-order valence-corrected chi connectivity index (χ0v) is 13.7. The second-order valence-electron chi connectivity index (χ2n) is 4.83. The zero-order chi connectivity index (χ0) is 15.0. The lowest BCUT2D eigenvalue weighted by molar-refractivity contribution is 0.353. The Hall–Kier alpha value is -1.38. The molecular weight excluding hydrogens is 358 g/mol. The molecule has 0 radical (unpaired) electrons. The number of aryl methyl sites for hydroxylation is 1. The minimum absolute atomic E-state index is 0.151. The van der Waals surface area contributed by atoms with E-state index in [1.165, 1.54) is 17.1 Å². The predicted octanol–water partition coefficient (Wildman–Crippen LogP) is 1.60. The highest BCUT2D eigenvalue weighted by atomic mass is 79.9. The van der Waals surface area contributed by atoms with Gasteiger partial charge < -0.3 is 4.74 Å². The van der Waals surface area contributed by atoms with Crippen molar-refractivity contribution in [2.45, 2.75) is 17.9 Å². The lowest BCUT2D eigenvalue weighted by Crippen LogP contribution is -2.23. The first-order chi connectivity index (χ1) is 9.95. The van der Waals surface area contributed by atoms with E-state index in [2.05, 4.69) is 25.8 Å². The van der Waals surface area contributed by atoms with Crippen molar-refractivity contribution in [3.63, 3.8) is 0 Å². The molecule has 2 heterocycles. The average Bonchev–Trinajstić information content (AvgIpc) is 3.04. The summed E-state index contributed by atoms with van der Waals surface area (Å²) in [6, 6.07) is 3.87. The summed E-state index contributed by atoms with van der Waals surface area (Å²) in [6.07, 6.45) is 3.63. The number of halogens is 1. The van der Waals surface area contributed by atoms with Crippen LogP contribution in [0.2, 0.25) is 0 Å². The van der Waals surface area contributed by atoms with E-state index < -0.39 is 10.0 Å². The molecule has 0 amide bonds. The fourth-order valence-corrected chi connectivity index (χ4v) is 3.81. The van der Waals surface area contributed by atoms with Gasteiger partial charge in [-0.3, -0.25) is 4.68 Å². The van der Waals surface area contributed by atoms with Crippen molar-refractivity contribution >= 4 is 26.0 Å². The molecular formula is C13H14BrN3O3S. The van der Waals surface area contributed by atoms with Crippen LogP contribution in [0.1, 0.15) is 11.1 Å². The second-order valence-corrected chi connectivity index (χ2v) is 7.51. The molecule has 21 heavy (non-hydrogen) atoms. The van der Waals surface area contributed by atoms with Gasteiger partial charge in [0.25, 0.3) is 0 Å². The van der Waals surface area contributed by atoms with Gasteiger partial charge in [0.15, 0.2) is 0 Å². The predicted molar refractivity (Wildman–Crippen MR) is 80.6 cm³/mol. The van der Waals surface area contributed by atoms with Gasteiger partial charge in [-0.05, 0) is 17.7 Å². The number of nitrogens with one attached hydrogen (secondary N) is 1. The Kier molecular flexibility index (Phi) is 3.76. The molecule has 0 fully saturated rings. The quantitative estimate of drug-likeness (QED) is 0.885. The van der Waals surface area contributed by atoms with E-state index in [1.807, 2.05) is 12.1 Å². The van der Waals surface area contributed by atoms with E-state index in [-0.39, 0.29) is 11.4 Å². The SMILES string of the molecule is Cn1cc(S(=O)(=O)NCc2cc(Br)cc3c2OCC3)cn1. The fourth-order valence-electron chi connectivity index (χ4n) is 2.27. The molecule has 8 heteroatoms. The van der Waals surface area contributed by atoms with Gasteiger partial charge in [0.1, 0.15) is 10.6 Å². The smallest absolute Gasteiger partial charge is 0.243 e. The second kappa shape index (κ2) is 5.43. The van der Waals surface area contributed by atoms with Gasteiger partial charge in [-0.2, -0.15) is 5.10 Å². The highest BCUT2D eigenvalue weighted by molar-refractivity contribution is 9.10. The molecule has 0 atom stereocenters. The minimum Gasteiger partial charge on any atom is -0.493 e. The number of sulfonamides is 1. The minimum atomic E-state index is -3.57. The van der Waals surface area contributed by atoms with Crippen molar-refractivity contribution in [2.24, 2.45) is 7.05 Å². The maximum Gasteiger partial charge on any atom is 0.243 e. The third-order valence-electron chi connectivity index (χ3n) is 3.27. The van der Waals surface area contributed by atoms with Crippen LogP contribution >= 0.6 is 15.9 Å². The van der Waals surface area contributed by atoms with Crippen LogP contribution in [0.25, 0.3) is 0 Å². The highest BCUT2D eigenvalue weighted by Crippen LogP contribution is 2.33. The molecule has 0 bridgehead atoms. The maximum atomic E-state index is 12.2. The number of rotatable bonds is 4. The van der Waals surface area contributed by atoms with Gasteiger partial charge >= 0.3 is 0 Å². The Morgan fingerprint density at radius 3 is 3.00 bits per heavy atom. The Morgan fingerprint density at radius 2 is 2.29 bits per heavy atom. The number of fused-ring (bicyclic) bond motifs is 1. The molecule has 0 unspecified atom stereocenters. The molecule has 112 valence electrons. The van der Waals surface area contributed by atoms with E-state index in [4.69, 9.17) is 4.74 Å². The highest BCUT2D eigenvalue weighted by Gasteiger charge is 2.20. The summed E-state index contributed by atoms with van der Waals surface area (Å²) < 4.78 is 34.9. The Bertz CT molecular complexity index is 786. The molecule has 1 N–H and O–H groups in total. The lowest BCUT2D eigenvalue weighted by atomic mass is 10.1. The largest absolute Gasteiger partial charge is 0.493 e. The molecule has 1 aliphatic rings. The Labute approximate surface area is 131 Å². The number of nitrogens with zero attached hydrogens (tertiary/aromatic N) is 2. The van der Waals surface area contributed by atoms with Crippen molar-refractivity contribution in [3.05, 3.63) is 40.1 Å². The van der Waals surface area contributed by atoms with E-state index in [0.717, 1.165) is 27.8 Å². The van der Waals surface area contributed by atoms with Gasteiger partial charge in [-0.25, -0.2) is 13.1 Å². The molecule has 0 saturated heterocycles. The van der Waals surface area contributed by atoms with Crippen LogP contribution in [0.15, 0.2) is 33.9 Å². The number of benzene rings is 1. The van der Waals surface area contributed by atoms with Crippen molar-refractivity contribution in [1.29, 1.82) is 0 Å². The third kappa shape index (κ3) is 2.97. The molecule has 3 rings (SSSR count).